The molecule has 0 fully saturated rings. The number of carboxylic acids is 1. The van der Waals surface area contributed by atoms with E-state index in [-0.39, 0.29) is 5.56 Å². The summed E-state index contributed by atoms with van der Waals surface area (Å²) in [6.07, 6.45) is 0. The molecule has 1 N–H and O–H groups in total. The lowest BCUT2D eigenvalue weighted by molar-refractivity contribution is -0.131. The highest BCUT2D eigenvalue weighted by molar-refractivity contribution is 6.40. The third kappa shape index (κ3) is 2.89. The van der Waals surface area contributed by atoms with E-state index < -0.39 is 11.8 Å². The average Bonchev–Trinajstić information content (AvgIpc) is 2.16. The molecular weight excluding hydrogens is 194 g/mol. The number of carbonyl (C=O) groups is 2. The fourth-order valence-electron chi connectivity index (χ4n) is 1.34. The van der Waals surface area contributed by atoms with Gasteiger partial charge in [0.1, 0.15) is 0 Å². The van der Waals surface area contributed by atoms with Crippen molar-refractivity contribution in [2.75, 3.05) is 14.1 Å². The molecule has 0 saturated heterocycles. The third-order valence-corrected chi connectivity index (χ3v) is 1.94. The van der Waals surface area contributed by atoms with Crippen LogP contribution in [0.2, 0.25) is 0 Å². The van der Waals surface area contributed by atoms with Crippen LogP contribution in [0, 0.1) is 0 Å². The summed E-state index contributed by atoms with van der Waals surface area (Å²) >= 11 is 0. The van der Waals surface area contributed by atoms with Gasteiger partial charge in [-0.05, 0) is 19.7 Å². The second kappa shape index (κ2) is 4.70. The molecule has 80 valence electrons. The van der Waals surface area contributed by atoms with E-state index >= 15 is 0 Å². The molecule has 0 saturated carbocycles. The molecule has 0 bridgehead atoms. The fourth-order valence-corrected chi connectivity index (χ4v) is 1.34. The maximum atomic E-state index is 11.3. The summed E-state index contributed by atoms with van der Waals surface area (Å²) in [5.41, 5.74) is 0.994. The van der Waals surface area contributed by atoms with Gasteiger partial charge in [-0.15, -0.1) is 0 Å². The van der Waals surface area contributed by atoms with Crippen LogP contribution in [0.5, 0.6) is 0 Å². The smallest absolute Gasteiger partial charge is 0.377 e. The first-order chi connectivity index (χ1) is 7.02. The minimum Gasteiger partial charge on any atom is -0.475 e. The van der Waals surface area contributed by atoms with E-state index in [0.717, 1.165) is 5.56 Å². The Hall–Kier alpha value is -1.68. The molecule has 0 radical (unpaired) electrons. The van der Waals surface area contributed by atoms with Crippen molar-refractivity contribution < 1.29 is 14.7 Å². The van der Waals surface area contributed by atoms with E-state index in [9.17, 15) is 9.59 Å². The number of hydrogen-bond donors (Lipinski definition) is 1. The van der Waals surface area contributed by atoms with Crippen LogP contribution in [0.4, 0.5) is 0 Å². The van der Waals surface area contributed by atoms with Crippen molar-refractivity contribution in [1.29, 1.82) is 0 Å². The Morgan fingerprint density at radius 2 is 1.87 bits per heavy atom. The molecule has 0 amide bonds. The molecule has 0 aliphatic carbocycles. The molecule has 0 unspecified atom stereocenters. The highest BCUT2D eigenvalue weighted by Gasteiger charge is 2.17. The van der Waals surface area contributed by atoms with Gasteiger partial charge in [0.05, 0.1) is 0 Å². The van der Waals surface area contributed by atoms with Crippen LogP contribution >= 0.6 is 0 Å². The average molecular weight is 207 g/mol. The molecular formula is C11H13NO3. The Kier molecular flexibility index (Phi) is 3.57. The Bertz CT molecular complexity index is 385. The second-order valence-electron chi connectivity index (χ2n) is 3.53. The minimum absolute atomic E-state index is 0.263. The maximum absolute atomic E-state index is 11.3. The monoisotopic (exact) mass is 207 g/mol. The van der Waals surface area contributed by atoms with E-state index in [1.165, 1.54) is 6.07 Å². The lowest BCUT2D eigenvalue weighted by Crippen LogP contribution is -2.18. The fraction of sp³-hybridized carbons (Fsp3) is 0.273. The van der Waals surface area contributed by atoms with Crippen molar-refractivity contribution in [3.63, 3.8) is 0 Å². The molecule has 4 nitrogen and oxygen atoms in total. The van der Waals surface area contributed by atoms with Gasteiger partial charge in [-0.3, -0.25) is 4.79 Å². The standard InChI is InChI=1S/C11H13NO3/c1-12(2)7-8-5-3-4-6-9(8)10(13)11(14)15/h3-6H,7H2,1-2H3,(H,14,15). The molecule has 1 rings (SSSR count). The van der Waals surface area contributed by atoms with E-state index in [2.05, 4.69) is 0 Å². The van der Waals surface area contributed by atoms with Gasteiger partial charge in [0, 0.05) is 12.1 Å². The molecule has 1 aromatic rings. The summed E-state index contributed by atoms with van der Waals surface area (Å²) in [5.74, 6) is -2.27. The Morgan fingerprint density at radius 3 is 2.40 bits per heavy atom. The predicted molar refractivity (Wildman–Crippen MR) is 55.8 cm³/mol. The zero-order valence-electron chi connectivity index (χ0n) is 8.73. The number of ketones is 1. The van der Waals surface area contributed by atoms with Crippen LogP contribution < -0.4 is 0 Å². The quantitative estimate of drug-likeness (QED) is 0.591. The van der Waals surface area contributed by atoms with Gasteiger partial charge in [-0.2, -0.15) is 0 Å². The van der Waals surface area contributed by atoms with Crippen molar-refractivity contribution in [3.8, 4) is 0 Å². The van der Waals surface area contributed by atoms with Crippen LogP contribution in [-0.4, -0.2) is 35.9 Å². The Balaban J connectivity index is 3.06. The summed E-state index contributed by atoms with van der Waals surface area (Å²) in [5, 5.41) is 8.63. The number of carbonyl (C=O) groups excluding carboxylic acids is 1. The SMILES string of the molecule is CN(C)Cc1ccccc1C(=O)C(=O)O. The number of rotatable bonds is 4. The molecule has 15 heavy (non-hydrogen) atoms. The molecule has 4 heteroatoms. The van der Waals surface area contributed by atoms with Crippen molar-refractivity contribution in [1.82, 2.24) is 4.90 Å². The van der Waals surface area contributed by atoms with Crippen LogP contribution in [0.1, 0.15) is 15.9 Å². The first-order valence-corrected chi connectivity index (χ1v) is 4.52. The second-order valence-corrected chi connectivity index (χ2v) is 3.53. The number of benzene rings is 1. The van der Waals surface area contributed by atoms with E-state index in [4.69, 9.17) is 5.11 Å². The lowest BCUT2D eigenvalue weighted by Gasteiger charge is -2.12. The summed E-state index contributed by atoms with van der Waals surface area (Å²) < 4.78 is 0. The predicted octanol–water partition coefficient (Wildman–Crippen LogP) is 1.02. The third-order valence-electron chi connectivity index (χ3n) is 1.94. The van der Waals surface area contributed by atoms with Gasteiger partial charge in [0.25, 0.3) is 5.78 Å². The number of carboxylic acid groups (broad SMARTS) is 1. The number of nitrogens with zero attached hydrogens (tertiary/aromatic N) is 1. The van der Waals surface area contributed by atoms with Gasteiger partial charge in [-0.1, -0.05) is 24.3 Å². The summed E-state index contributed by atoms with van der Waals surface area (Å²) in [4.78, 5) is 23.8. The Morgan fingerprint density at radius 1 is 1.27 bits per heavy atom. The topological polar surface area (TPSA) is 57.6 Å². The first kappa shape index (κ1) is 11.4. The van der Waals surface area contributed by atoms with Crippen molar-refractivity contribution in [3.05, 3.63) is 35.4 Å². The molecule has 0 aliphatic rings. The number of aliphatic carboxylic acids is 1. The van der Waals surface area contributed by atoms with Gasteiger partial charge in [-0.25, -0.2) is 4.79 Å². The minimum atomic E-state index is -1.42. The van der Waals surface area contributed by atoms with Crippen LogP contribution in [0.3, 0.4) is 0 Å². The Labute approximate surface area is 88.1 Å². The zero-order valence-corrected chi connectivity index (χ0v) is 8.73. The maximum Gasteiger partial charge on any atom is 0.377 e. The summed E-state index contributed by atoms with van der Waals surface area (Å²) in [7, 11) is 3.73. The molecule has 0 atom stereocenters. The lowest BCUT2D eigenvalue weighted by atomic mass is 10.0. The number of Topliss-reactive ketones (excluding diaryl/α,β-unsaturated/α-hetero) is 1. The summed E-state index contributed by atoms with van der Waals surface area (Å²) in [6, 6.07) is 6.75. The van der Waals surface area contributed by atoms with E-state index in [0.29, 0.717) is 6.54 Å². The first-order valence-electron chi connectivity index (χ1n) is 4.52. The zero-order chi connectivity index (χ0) is 11.4. The van der Waals surface area contributed by atoms with Crippen molar-refractivity contribution >= 4 is 11.8 Å². The van der Waals surface area contributed by atoms with Gasteiger partial charge in [0.2, 0.25) is 0 Å². The van der Waals surface area contributed by atoms with Crippen LogP contribution in [0.25, 0.3) is 0 Å². The van der Waals surface area contributed by atoms with Gasteiger partial charge >= 0.3 is 5.97 Å². The van der Waals surface area contributed by atoms with Crippen molar-refractivity contribution in [2.45, 2.75) is 6.54 Å². The molecule has 0 heterocycles. The highest BCUT2D eigenvalue weighted by Crippen LogP contribution is 2.11. The van der Waals surface area contributed by atoms with E-state index in [1.807, 2.05) is 19.0 Å². The normalized spacial score (nSPS) is 10.3. The molecule has 0 aromatic heterocycles. The number of hydrogen-bond acceptors (Lipinski definition) is 3. The molecule has 0 spiro atoms. The van der Waals surface area contributed by atoms with Gasteiger partial charge < -0.3 is 10.0 Å². The largest absolute Gasteiger partial charge is 0.475 e. The molecule has 1 aromatic carbocycles. The summed E-state index contributed by atoms with van der Waals surface area (Å²) in [6.45, 7) is 0.551. The van der Waals surface area contributed by atoms with Crippen LogP contribution in [0.15, 0.2) is 24.3 Å². The van der Waals surface area contributed by atoms with Crippen LogP contribution in [-0.2, 0) is 11.3 Å². The van der Waals surface area contributed by atoms with Gasteiger partial charge in [0.15, 0.2) is 0 Å². The van der Waals surface area contributed by atoms with E-state index in [1.54, 1.807) is 18.2 Å². The highest BCUT2D eigenvalue weighted by atomic mass is 16.4. The van der Waals surface area contributed by atoms with Crippen molar-refractivity contribution in [2.24, 2.45) is 0 Å². The molecule has 0 aliphatic heterocycles.